The highest BCUT2D eigenvalue weighted by atomic mass is 35.5. The topological polar surface area (TPSA) is 68.0 Å². The third-order valence-corrected chi connectivity index (χ3v) is 1.97. The second kappa shape index (κ2) is 3.70. The van der Waals surface area contributed by atoms with Gasteiger partial charge < -0.3 is 5.11 Å². The van der Waals surface area contributed by atoms with Crippen molar-refractivity contribution in [1.82, 2.24) is 14.8 Å². The lowest BCUT2D eigenvalue weighted by Gasteiger charge is -2.02. The van der Waals surface area contributed by atoms with Gasteiger partial charge in [0, 0.05) is 12.3 Å². The zero-order chi connectivity index (χ0) is 10.8. The van der Waals surface area contributed by atoms with Crippen LogP contribution in [0, 0.1) is 0 Å². The maximum absolute atomic E-state index is 10.9. The molecule has 0 bridgehead atoms. The number of carbonyl (C=O) groups is 1. The smallest absolute Gasteiger partial charge is 0.354 e. The number of hydrogen-bond donors (Lipinski definition) is 1. The first-order valence-electron chi connectivity index (χ1n) is 4.08. The molecule has 2 aromatic rings. The van der Waals surface area contributed by atoms with E-state index < -0.39 is 5.97 Å². The first kappa shape index (κ1) is 9.67. The van der Waals surface area contributed by atoms with E-state index in [2.05, 4.69) is 10.1 Å². The molecule has 5 nitrogen and oxygen atoms in total. The van der Waals surface area contributed by atoms with Crippen molar-refractivity contribution in [3.63, 3.8) is 0 Å². The zero-order valence-corrected chi connectivity index (χ0v) is 8.22. The molecule has 0 saturated carbocycles. The lowest BCUT2D eigenvalue weighted by Crippen LogP contribution is -2.07. The van der Waals surface area contributed by atoms with Crippen LogP contribution in [-0.4, -0.2) is 25.8 Å². The number of halogens is 1. The van der Waals surface area contributed by atoms with Crippen LogP contribution >= 0.6 is 11.6 Å². The Hall–Kier alpha value is -1.88. The second-order valence-corrected chi connectivity index (χ2v) is 3.17. The van der Waals surface area contributed by atoms with E-state index in [1.165, 1.54) is 16.9 Å². The molecule has 0 aliphatic rings. The Morgan fingerprint density at radius 3 is 2.93 bits per heavy atom. The van der Waals surface area contributed by atoms with E-state index >= 15 is 0 Å². The van der Waals surface area contributed by atoms with Crippen molar-refractivity contribution in [3.8, 4) is 5.69 Å². The van der Waals surface area contributed by atoms with Crippen LogP contribution in [0.5, 0.6) is 0 Å². The average Bonchev–Trinajstić information content (AvgIpc) is 2.62. The van der Waals surface area contributed by atoms with Gasteiger partial charge in [0.05, 0.1) is 11.9 Å². The summed E-state index contributed by atoms with van der Waals surface area (Å²) < 4.78 is 1.23. The number of hydrogen-bond acceptors (Lipinski definition) is 3. The van der Waals surface area contributed by atoms with Crippen LogP contribution in [0.3, 0.4) is 0 Å². The molecule has 0 fully saturated rings. The minimum Gasteiger partial charge on any atom is -0.477 e. The predicted octanol–water partition coefficient (Wildman–Crippen LogP) is 1.62. The normalized spacial score (nSPS) is 10.2. The van der Waals surface area contributed by atoms with Crippen LogP contribution in [0.1, 0.15) is 10.5 Å². The van der Waals surface area contributed by atoms with Crippen molar-refractivity contribution >= 4 is 17.6 Å². The summed E-state index contributed by atoms with van der Waals surface area (Å²) in [5.41, 5.74) is 0.565. The summed E-state index contributed by atoms with van der Waals surface area (Å²) in [7, 11) is 0. The van der Waals surface area contributed by atoms with Gasteiger partial charge >= 0.3 is 5.97 Å². The minimum atomic E-state index is -1.08. The molecule has 6 heteroatoms. The van der Waals surface area contributed by atoms with E-state index in [1.54, 1.807) is 18.3 Å². The van der Waals surface area contributed by atoms with Crippen molar-refractivity contribution in [2.75, 3.05) is 0 Å². The Kier molecular flexibility index (Phi) is 2.39. The van der Waals surface area contributed by atoms with E-state index in [-0.39, 0.29) is 10.8 Å². The fourth-order valence-corrected chi connectivity index (χ4v) is 1.36. The SMILES string of the molecule is O=C(O)c1cc(Cl)nn1-c1cccnc1. The van der Waals surface area contributed by atoms with Crippen molar-refractivity contribution in [2.24, 2.45) is 0 Å². The van der Waals surface area contributed by atoms with Gasteiger partial charge in [-0.25, -0.2) is 9.48 Å². The third kappa shape index (κ3) is 1.82. The standard InChI is InChI=1S/C9H6ClN3O2/c10-8-4-7(9(14)15)13(12-8)6-2-1-3-11-5-6/h1-5H,(H,14,15). The van der Waals surface area contributed by atoms with Gasteiger partial charge in [0.1, 0.15) is 0 Å². The van der Waals surface area contributed by atoms with Gasteiger partial charge in [-0.3, -0.25) is 4.98 Å². The van der Waals surface area contributed by atoms with E-state index in [0.29, 0.717) is 5.69 Å². The average molecular weight is 224 g/mol. The van der Waals surface area contributed by atoms with Crippen LogP contribution in [-0.2, 0) is 0 Å². The van der Waals surface area contributed by atoms with E-state index in [0.717, 1.165) is 0 Å². The number of aromatic carboxylic acids is 1. The van der Waals surface area contributed by atoms with Crippen molar-refractivity contribution < 1.29 is 9.90 Å². The number of rotatable bonds is 2. The van der Waals surface area contributed by atoms with Crippen LogP contribution in [0.2, 0.25) is 5.15 Å². The third-order valence-electron chi connectivity index (χ3n) is 1.79. The maximum Gasteiger partial charge on any atom is 0.354 e. The fourth-order valence-electron chi connectivity index (χ4n) is 1.18. The molecule has 1 N–H and O–H groups in total. The molecule has 0 aromatic carbocycles. The first-order chi connectivity index (χ1) is 7.18. The summed E-state index contributed by atoms with van der Waals surface area (Å²) in [6, 6.07) is 4.68. The Morgan fingerprint density at radius 1 is 1.53 bits per heavy atom. The molecule has 0 amide bonds. The Bertz CT molecular complexity index is 495. The minimum absolute atomic E-state index is 0.00741. The van der Waals surface area contributed by atoms with Gasteiger partial charge in [-0.1, -0.05) is 11.6 Å². The number of carboxylic acid groups (broad SMARTS) is 1. The summed E-state index contributed by atoms with van der Waals surface area (Å²) in [5.74, 6) is -1.08. The highest BCUT2D eigenvalue weighted by molar-refractivity contribution is 6.29. The number of carboxylic acids is 1. The van der Waals surface area contributed by atoms with Gasteiger partial charge in [0.25, 0.3) is 0 Å². The highest BCUT2D eigenvalue weighted by Crippen LogP contribution is 2.14. The molecule has 0 aliphatic carbocycles. The van der Waals surface area contributed by atoms with E-state index in [1.807, 2.05) is 0 Å². The lowest BCUT2D eigenvalue weighted by atomic mass is 10.4. The molecule has 2 rings (SSSR count). The molecule has 15 heavy (non-hydrogen) atoms. The Morgan fingerprint density at radius 2 is 2.33 bits per heavy atom. The summed E-state index contributed by atoms with van der Waals surface area (Å²) in [6.45, 7) is 0. The molecule has 2 heterocycles. The molecule has 0 atom stereocenters. The molecule has 0 aliphatic heterocycles. The second-order valence-electron chi connectivity index (χ2n) is 2.78. The fraction of sp³-hybridized carbons (Fsp3) is 0. The number of nitrogens with zero attached hydrogens (tertiary/aromatic N) is 3. The monoisotopic (exact) mass is 223 g/mol. The van der Waals surface area contributed by atoms with E-state index in [9.17, 15) is 4.79 Å². The molecule has 0 spiro atoms. The van der Waals surface area contributed by atoms with Gasteiger partial charge in [0.2, 0.25) is 0 Å². The molecular weight excluding hydrogens is 218 g/mol. The predicted molar refractivity (Wildman–Crippen MR) is 53.3 cm³/mol. The molecule has 2 aromatic heterocycles. The van der Waals surface area contributed by atoms with Crippen molar-refractivity contribution in [3.05, 3.63) is 41.4 Å². The Balaban J connectivity index is 2.58. The lowest BCUT2D eigenvalue weighted by molar-refractivity contribution is 0.0687. The maximum atomic E-state index is 10.9. The summed E-state index contributed by atoms with van der Waals surface area (Å²) in [5, 5.41) is 12.9. The van der Waals surface area contributed by atoms with Crippen LogP contribution in [0.4, 0.5) is 0 Å². The molecular formula is C9H6ClN3O2. The van der Waals surface area contributed by atoms with Crippen LogP contribution in [0.15, 0.2) is 30.6 Å². The van der Waals surface area contributed by atoms with Gasteiger partial charge in [-0.15, -0.1) is 0 Å². The quantitative estimate of drug-likeness (QED) is 0.840. The van der Waals surface area contributed by atoms with Crippen LogP contribution < -0.4 is 0 Å². The van der Waals surface area contributed by atoms with Gasteiger partial charge in [-0.2, -0.15) is 5.10 Å². The zero-order valence-electron chi connectivity index (χ0n) is 7.46. The first-order valence-corrected chi connectivity index (χ1v) is 4.45. The van der Waals surface area contributed by atoms with Gasteiger partial charge in [0.15, 0.2) is 10.8 Å². The Labute approximate surface area is 89.9 Å². The summed E-state index contributed by atoms with van der Waals surface area (Å²) >= 11 is 5.64. The number of pyridine rings is 1. The van der Waals surface area contributed by atoms with Crippen molar-refractivity contribution in [2.45, 2.75) is 0 Å². The van der Waals surface area contributed by atoms with Crippen molar-refractivity contribution in [1.29, 1.82) is 0 Å². The molecule has 0 saturated heterocycles. The summed E-state index contributed by atoms with van der Waals surface area (Å²) in [6.07, 6.45) is 3.10. The molecule has 0 unspecified atom stereocenters. The van der Waals surface area contributed by atoms with E-state index in [4.69, 9.17) is 16.7 Å². The number of aromatic nitrogens is 3. The summed E-state index contributed by atoms with van der Waals surface area (Å²) in [4.78, 5) is 14.7. The van der Waals surface area contributed by atoms with Gasteiger partial charge in [-0.05, 0) is 12.1 Å². The highest BCUT2D eigenvalue weighted by Gasteiger charge is 2.14. The largest absolute Gasteiger partial charge is 0.477 e. The molecule has 0 radical (unpaired) electrons. The molecule has 76 valence electrons. The van der Waals surface area contributed by atoms with Crippen LogP contribution in [0.25, 0.3) is 5.69 Å².